The fourth-order valence-corrected chi connectivity index (χ4v) is 3.56. The summed E-state index contributed by atoms with van der Waals surface area (Å²) in [4.78, 5) is 0. The molecule has 2 aromatic rings. The lowest BCUT2D eigenvalue weighted by Crippen LogP contribution is -2.39. The molecular formula is C23H30N3+. The summed E-state index contributed by atoms with van der Waals surface area (Å²) < 4.78 is 4.30. The molecule has 1 aliphatic rings. The smallest absolute Gasteiger partial charge is 0.228 e. The first-order chi connectivity index (χ1) is 12.4. The van der Waals surface area contributed by atoms with Gasteiger partial charge in [-0.3, -0.25) is 0 Å². The van der Waals surface area contributed by atoms with Crippen molar-refractivity contribution in [2.45, 2.75) is 47.5 Å². The van der Waals surface area contributed by atoms with Gasteiger partial charge in [-0.2, -0.15) is 0 Å². The van der Waals surface area contributed by atoms with Crippen molar-refractivity contribution < 1.29 is 4.57 Å². The van der Waals surface area contributed by atoms with Crippen molar-refractivity contribution in [1.82, 2.24) is 9.78 Å². The second-order valence-electron chi connectivity index (χ2n) is 7.48. The number of hydrogen-bond donors (Lipinski definition) is 0. The maximum absolute atomic E-state index is 4.60. The van der Waals surface area contributed by atoms with E-state index in [0.717, 1.165) is 5.82 Å². The van der Waals surface area contributed by atoms with Crippen LogP contribution in [0.4, 0.5) is 0 Å². The number of aromatic nitrogens is 3. The van der Waals surface area contributed by atoms with Gasteiger partial charge in [0.2, 0.25) is 0 Å². The molecule has 0 bridgehead atoms. The number of pyridine rings is 1. The molecule has 0 amide bonds. The van der Waals surface area contributed by atoms with Crippen LogP contribution in [0.2, 0.25) is 0 Å². The van der Waals surface area contributed by atoms with Crippen LogP contribution in [-0.2, 0) is 7.05 Å². The van der Waals surface area contributed by atoms with E-state index in [2.05, 4.69) is 87.8 Å². The van der Waals surface area contributed by atoms with Gasteiger partial charge in [-0.15, -0.1) is 4.68 Å². The topological polar surface area (TPSA) is 21.7 Å². The fraction of sp³-hybridized carbons (Fsp3) is 0.391. The van der Waals surface area contributed by atoms with Crippen molar-refractivity contribution in [2.75, 3.05) is 0 Å². The molecule has 1 atom stereocenters. The van der Waals surface area contributed by atoms with Crippen LogP contribution in [0, 0.1) is 26.7 Å². The van der Waals surface area contributed by atoms with E-state index in [1.165, 1.54) is 46.5 Å². The van der Waals surface area contributed by atoms with Crippen LogP contribution in [-0.4, -0.2) is 9.78 Å². The van der Waals surface area contributed by atoms with Gasteiger partial charge in [-0.05, 0) is 50.8 Å². The summed E-state index contributed by atoms with van der Waals surface area (Å²) in [5, 5.41) is 4.60. The number of hydrogen-bond acceptors (Lipinski definition) is 1. The average molecular weight is 349 g/mol. The van der Waals surface area contributed by atoms with Gasteiger partial charge in [0.25, 0.3) is 0 Å². The molecule has 26 heavy (non-hydrogen) atoms. The molecule has 0 N–H and O–H groups in total. The Bertz CT molecular complexity index is 910. The molecule has 0 spiro atoms. The minimum Gasteiger partial charge on any atom is -0.228 e. The number of aryl methyl sites for hydroxylation is 2. The zero-order valence-electron chi connectivity index (χ0n) is 16.9. The maximum atomic E-state index is 4.60. The molecule has 1 aliphatic carbocycles. The Labute approximate surface area is 157 Å². The van der Waals surface area contributed by atoms with Gasteiger partial charge in [0.05, 0.1) is 13.2 Å². The second-order valence-corrected chi connectivity index (χ2v) is 7.48. The maximum Gasteiger partial charge on any atom is 0.307 e. The van der Waals surface area contributed by atoms with Crippen molar-refractivity contribution >= 4 is 5.57 Å². The van der Waals surface area contributed by atoms with Crippen LogP contribution in [0.3, 0.4) is 0 Å². The normalized spacial score (nSPS) is 17.1. The van der Waals surface area contributed by atoms with E-state index in [-0.39, 0.29) is 0 Å². The Morgan fingerprint density at radius 1 is 1.15 bits per heavy atom. The van der Waals surface area contributed by atoms with Gasteiger partial charge < -0.3 is 0 Å². The molecule has 0 radical (unpaired) electrons. The van der Waals surface area contributed by atoms with Gasteiger partial charge in [0.1, 0.15) is 11.4 Å². The minimum atomic E-state index is 0.487. The molecule has 3 heteroatoms. The molecule has 1 unspecified atom stereocenters. The minimum absolute atomic E-state index is 0.487. The number of allylic oxidation sites excluding steroid dienone is 6. The molecule has 3 nitrogen and oxygen atoms in total. The summed E-state index contributed by atoms with van der Waals surface area (Å²) in [7, 11) is 2.14. The monoisotopic (exact) mass is 348 g/mol. The molecule has 3 rings (SSSR count). The van der Waals surface area contributed by atoms with E-state index in [1.54, 1.807) is 0 Å². The summed E-state index contributed by atoms with van der Waals surface area (Å²) in [5.41, 5.74) is 7.46. The Morgan fingerprint density at radius 3 is 2.58 bits per heavy atom. The van der Waals surface area contributed by atoms with E-state index in [9.17, 15) is 0 Å². The van der Waals surface area contributed by atoms with Gasteiger partial charge in [0, 0.05) is 24.1 Å². The molecule has 0 fully saturated rings. The van der Waals surface area contributed by atoms with Gasteiger partial charge in [-0.25, -0.2) is 4.57 Å². The largest absolute Gasteiger partial charge is 0.307 e. The highest BCUT2D eigenvalue weighted by atomic mass is 15.3. The fourth-order valence-electron chi connectivity index (χ4n) is 3.56. The first-order valence-corrected chi connectivity index (χ1v) is 9.51. The zero-order chi connectivity index (χ0) is 18.8. The molecule has 0 saturated carbocycles. The van der Waals surface area contributed by atoms with Crippen LogP contribution >= 0.6 is 0 Å². The molecule has 0 aliphatic heterocycles. The van der Waals surface area contributed by atoms with Crippen LogP contribution in [0.25, 0.3) is 11.4 Å². The van der Waals surface area contributed by atoms with Crippen molar-refractivity contribution in [2.24, 2.45) is 13.0 Å². The summed E-state index contributed by atoms with van der Waals surface area (Å²) in [6.07, 6.45) is 13.6. The third-order valence-electron chi connectivity index (χ3n) is 5.20. The van der Waals surface area contributed by atoms with Gasteiger partial charge in [-0.1, -0.05) is 42.2 Å². The Kier molecular flexibility index (Phi) is 5.26. The Balaban J connectivity index is 2.16. The van der Waals surface area contributed by atoms with Gasteiger partial charge >= 0.3 is 5.82 Å². The summed E-state index contributed by atoms with van der Waals surface area (Å²) in [6.45, 7) is 10.8. The molecule has 2 heterocycles. The van der Waals surface area contributed by atoms with E-state index in [4.69, 9.17) is 0 Å². The summed E-state index contributed by atoms with van der Waals surface area (Å²) >= 11 is 0. The quantitative estimate of drug-likeness (QED) is 0.717. The van der Waals surface area contributed by atoms with Crippen molar-refractivity contribution in [3.05, 3.63) is 70.7 Å². The third kappa shape index (κ3) is 3.57. The van der Waals surface area contributed by atoms with Crippen molar-refractivity contribution in [3.8, 4) is 5.82 Å². The predicted molar refractivity (Wildman–Crippen MR) is 108 cm³/mol. The average Bonchev–Trinajstić information content (AvgIpc) is 2.81. The second kappa shape index (κ2) is 7.45. The zero-order valence-corrected chi connectivity index (χ0v) is 16.9. The van der Waals surface area contributed by atoms with Gasteiger partial charge in [0.15, 0.2) is 0 Å². The first kappa shape index (κ1) is 18.4. The highest BCUT2D eigenvalue weighted by Crippen LogP contribution is 2.26. The third-order valence-corrected chi connectivity index (χ3v) is 5.20. The lowest BCUT2D eigenvalue weighted by molar-refractivity contribution is -0.668. The summed E-state index contributed by atoms with van der Waals surface area (Å²) in [5.74, 6) is 1.59. The van der Waals surface area contributed by atoms with E-state index >= 15 is 0 Å². The molecule has 0 saturated heterocycles. The Morgan fingerprint density at radius 2 is 1.92 bits per heavy atom. The Hall–Kier alpha value is -2.42. The molecule has 0 aromatic carbocycles. The van der Waals surface area contributed by atoms with Crippen molar-refractivity contribution in [1.29, 1.82) is 0 Å². The highest BCUT2D eigenvalue weighted by molar-refractivity contribution is 5.73. The number of rotatable bonds is 4. The van der Waals surface area contributed by atoms with Crippen LogP contribution in [0.1, 0.15) is 49.2 Å². The standard InChI is InChI=1S/C23H30N3/c1-7-8-20-10-9-16(2)11-21(14-20)22-12-17(3)13-23(25(22)6)26-19(5)18(4)15-24-26/h9-15,20H,7-8H2,1-6H3/q+1. The molecular weight excluding hydrogens is 318 g/mol. The van der Waals surface area contributed by atoms with Crippen LogP contribution < -0.4 is 4.57 Å². The lowest BCUT2D eigenvalue weighted by atomic mass is 9.99. The molecule has 2 aromatic heterocycles. The first-order valence-electron chi connectivity index (χ1n) is 9.51. The summed E-state index contributed by atoms with van der Waals surface area (Å²) in [6, 6.07) is 4.48. The SMILES string of the molecule is CCCC1C=CC(C)=CC(c2cc(C)cc(-n3ncc(C)c3C)[n+]2C)=C1. The van der Waals surface area contributed by atoms with Crippen LogP contribution in [0.15, 0.2) is 48.2 Å². The number of nitrogens with zero attached hydrogens (tertiary/aromatic N) is 3. The van der Waals surface area contributed by atoms with E-state index in [0.29, 0.717) is 5.92 Å². The van der Waals surface area contributed by atoms with E-state index < -0.39 is 0 Å². The van der Waals surface area contributed by atoms with E-state index in [1.807, 2.05) is 10.9 Å². The molecule has 136 valence electrons. The highest BCUT2D eigenvalue weighted by Gasteiger charge is 2.21. The lowest BCUT2D eigenvalue weighted by Gasteiger charge is -2.12. The predicted octanol–water partition coefficient (Wildman–Crippen LogP) is 4.94. The van der Waals surface area contributed by atoms with Crippen molar-refractivity contribution in [3.63, 3.8) is 0 Å². The van der Waals surface area contributed by atoms with Crippen LogP contribution in [0.5, 0.6) is 0 Å².